The van der Waals surface area contributed by atoms with Crippen LogP contribution in [0.15, 0.2) is 34.9 Å². The van der Waals surface area contributed by atoms with Gasteiger partial charge in [0.15, 0.2) is 22.9 Å². The Labute approximate surface area is 151 Å². The maximum Gasteiger partial charge on any atom is 0.291 e. The number of furan rings is 1. The van der Waals surface area contributed by atoms with Crippen molar-refractivity contribution in [2.45, 2.75) is 0 Å². The summed E-state index contributed by atoms with van der Waals surface area (Å²) in [6, 6.07) is 7.16. The van der Waals surface area contributed by atoms with Crippen LogP contribution in [0.1, 0.15) is 10.6 Å². The minimum absolute atomic E-state index is 0.186. The maximum atomic E-state index is 12.6. The van der Waals surface area contributed by atoms with Gasteiger partial charge in [0.05, 0.1) is 13.3 Å². The van der Waals surface area contributed by atoms with E-state index in [1.807, 2.05) is 45.2 Å². The van der Waals surface area contributed by atoms with E-state index in [0.717, 1.165) is 5.39 Å². The third kappa shape index (κ3) is 3.26. The van der Waals surface area contributed by atoms with Crippen molar-refractivity contribution < 1.29 is 13.9 Å². The Morgan fingerprint density at radius 1 is 1.19 bits per heavy atom. The van der Waals surface area contributed by atoms with Gasteiger partial charge in [0.1, 0.15) is 5.69 Å². The summed E-state index contributed by atoms with van der Waals surface area (Å²) in [6.07, 6.45) is 1.58. The minimum atomic E-state index is -0.382. The number of carbonyl (C=O) groups is 1. The number of ether oxygens (including phenoxy) is 1. The molecule has 0 atom stereocenters. The lowest BCUT2D eigenvalue weighted by Crippen LogP contribution is -2.20. The van der Waals surface area contributed by atoms with Gasteiger partial charge in [-0.15, -0.1) is 0 Å². The Kier molecular flexibility index (Phi) is 4.66. The van der Waals surface area contributed by atoms with Gasteiger partial charge in [0.25, 0.3) is 5.91 Å². The molecule has 2 heterocycles. The van der Waals surface area contributed by atoms with Gasteiger partial charge in [-0.25, -0.2) is 4.98 Å². The summed E-state index contributed by atoms with van der Waals surface area (Å²) in [7, 11) is 8.97. The van der Waals surface area contributed by atoms with Crippen LogP contribution in [-0.2, 0) is 0 Å². The van der Waals surface area contributed by atoms with E-state index in [2.05, 4.69) is 15.3 Å². The predicted octanol–water partition coefficient (Wildman–Crippen LogP) is 2.62. The minimum Gasteiger partial charge on any atom is -0.493 e. The Morgan fingerprint density at radius 3 is 2.62 bits per heavy atom. The molecule has 0 unspecified atom stereocenters. The van der Waals surface area contributed by atoms with Crippen molar-refractivity contribution in [2.24, 2.45) is 0 Å². The number of para-hydroxylation sites is 1. The first-order valence-electron chi connectivity index (χ1n) is 8.00. The molecule has 3 rings (SSSR count). The van der Waals surface area contributed by atoms with Crippen molar-refractivity contribution in [1.82, 2.24) is 9.97 Å². The van der Waals surface area contributed by atoms with Crippen LogP contribution in [-0.4, -0.2) is 51.2 Å². The lowest BCUT2D eigenvalue weighted by Gasteiger charge is -2.19. The molecule has 0 aliphatic heterocycles. The van der Waals surface area contributed by atoms with Crippen LogP contribution in [0.2, 0.25) is 0 Å². The first-order valence-corrected chi connectivity index (χ1v) is 8.00. The molecule has 8 nitrogen and oxygen atoms in total. The summed E-state index contributed by atoms with van der Waals surface area (Å²) in [5.41, 5.74) is 1.03. The number of anilines is 3. The van der Waals surface area contributed by atoms with Crippen molar-refractivity contribution >= 4 is 34.3 Å². The molecular weight excluding hydrogens is 334 g/mol. The van der Waals surface area contributed by atoms with Crippen LogP contribution < -0.4 is 19.9 Å². The molecule has 0 saturated carbocycles. The van der Waals surface area contributed by atoms with E-state index in [1.54, 1.807) is 30.3 Å². The summed E-state index contributed by atoms with van der Waals surface area (Å²) in [5, 5.41) is 3.61. The second-order valence-corrected chi connectivity index (χ2v) is 6.14. The Morgan fingerprint density at radius 2 is 1.96 bits per heavy atom. The zero-order valence-corrected chi connectivity index (χ0v) is 15.4. The fourth-order valence-electron chi connectivity index (χ4n) is 2.50. The molecule has 0 aliphatic carbocycles. The number of nitrogens with zero attached hydrogens (tertiary/aromatic N) is 4. The highest BCUT2D eigenvalue weighted by atomic mass is 16.5. The SMILES string of the molecule is COc1cccc2cc(C(=O)Nc3cnc(N(C)C)nc3N(C)C)oc12. The van der Waals surface area contributed by atoms with Crippen molar-refractivity contribution in [3.8, 4) is 5.75 Å². The van der Waals surface area contributed by atoms with E-state index in [4.69, 9.17) is 9.15 Å². The van der Waals surface area contributed by atoms with E-state index in [-0.39, 0.29) is 11.7 Å². The lowest BCUT2D eigenvalue weighted by atomic mass is 10.2. The van der Waals surface area contributed by atoms with Gasteiger partial charge in [-0.05, 0) is 12.1 Å². The van der Waals surface area contributed by atoms with E-state index >= 15 is 0 Å². The molecule has 0 aliphatic rings. The molecule has 1 N–H and O–H groups in total. The third-order valence-electron chi connectivity index (χ3n) is 3.78. The quantitative estimate of drug-likeness (QED) is 0.753. The molecule has 26 heavy (non-hydrogen) atoms. The Hall–Kier alpha value is -3.29. The summed E-state index contributed by atoms with van der Waals surface area (Å²) in [5.74, 6) is 1.54. The Balaban J connectivity index is 1.93. The molecule has 1 aromatic carbocycles. The third-order valence-corrected chi connectivity index (χ3v) is 3.78. The molecule has 2 aromatic heterocycles. The second-order valence-electron chi connectivity index (χ2n) is 6.14. The average molecular weight is 355 g/mol. The van der Waals surface area contributed by atoms with Gasteiger partial charge in [0.2, 0.25) is 5.95 Å². The summed E-state index contributed by atoms with van der Waals surface area (Å²) in [6.45, 7) is 0. The van der Waals surface area contributed by atoms with Crippen LogP contribution in [0.25, 0.3) is 11.0 Å². The summed E-state index contributed by atoms with van der Waals surface area (Å²) < 4.78 is 11.0. The van der Waals surface area contributed by atoms with E-state index in [9.17, 15) is 4.79 Å². The van der Waals surface area contributed by atoms with Gasteiger partial charge in [0, 0.05) is 33.6 Å². The normalized spacial score (nSPS) is 10.7. The number of hydrogen-bond acceptors (Lipinski definition) is 7. The van der Waals surface area contributed by atoms with Crippen LogP contribution in [0.3, 0.4) is 0 Å². The van der Waals surface area contributed by atoms with Crippen LogP contribution in [0.4, 0.5) is 17.5 Å². The average Bonchev–Trinajstić information content (AvgIpc) is 3.06. The van der Waals surface area contributed by atoms with E-state index in [0.29, 0.717) is 28.8 Å². The predicted molar refractivity (Wildman–Crippen MR) is 101 cm³/mol. The fourth-order valence-corrected chi connectivity index (χ4v) is 2.50. The van der Waals surface area contributed by atoms with Crippen LogP contribution >= 0.6 is 0 Å². The van der Waals surface area contributed by atoms with Gasteiger partial charge in [-0.3, -0.25) is 4.79 Å². The molecule has 0 bridgehead atoms. The topological polar surface area (TPSA) is 83.7 Å². The van der Waals surface area contributed by atoms with Crippen molar-refractivity contribution in [3.63, 3.8) is 0 Å². The number of methoxy groups -OCH3 is 1. The monoisotopic (exact) mass is 355 g/mol. The zero-order chi connectivity index (χ0) is 18.8. The molecule has 0 radical (unpaired) electrons. The molecule has 0 saturated heterocycles. The number of benzene rings is 1. The molecule has 3 aromatic rings. The summed E-state index contributed by atoms with van der Waals surface area (Å²) >= 11 is 0. The van der Waals surface area contributed by atoms with Crippen LogP contribution in [0.5, 0.6) is 5.75 Å². The van der Waals surface area contributed by atoms with Crippen LogP contribution in [0, 0.1) is 0 Å². The second kappa shape index (κ2) is 6.91. The number of fused-ring (bicyclic) bond motifs is 1. The first-order chi connectivity index (χ1) is 12.4. The van der Waals surface area contributed by atoms with Gasteiger partial charge < -0.3 is 24.3 Å². The summed E-state index contributed by atoms with van der Waals surface area (Å²) in [4.78, 5) is 25.0. The zero-order valence-electron chi connectivity index (χ0n) is 15.4. The molecular formula is C18H21N5O3. The smallest absolute Gasteiger partial charge is 0.291 e. The molecule has 0 spiro atoms. The number of amides is 1. The lowest BCUT2D eigenvalue weighted by molar-refractivity contribution is 0.0998. The number of aromatic nitrogens is 2. The first kappa shape index (κ1) is 17.5. The number of hydrogen-bond donors (Lipinski definition) is 1. The van der Waals surface area contributed by atoms with Crippen molar-refractivity contribution in [3.05, 3.63) is 36.2 Å². The molecule has 1 amide bonds. The van der Waals surface area contributed by atoms with E-state index < -0.39 is 0 Å². The number of rotatable bonds is 5. The molecule has 136 valence electrons. The van der Waals surface area contributed by atoms with Gasteiger partial charge >= 0.3 is 0 Å². The van der Waals surface area contributed by atoms with Crippen molar-refractivity contribution in [2.75, 3.05) is 50.4 Å². The fraction of sp³-hybridized carbons (Fsp3) is 0.278. The largest absolute Gasteiger partial charge is 0.493 e. The molecule has 8 heteroatoms. The van der Waals surface area contributed by atoms with E-state index in [1.165, 1.54) is 0 Å². The highest BCUT2D eigenvalue weighted by Crippen LogP contribution is 2.29. The van der Waals surface area contributed by atoms with Crippen molar-refractivity contribution in [1.29, 1.82) is 0 Å². The number of carbonyl (C=O) groups excluding carboxylic acids is 1. The highest BCUT2D eigenvalue weighted by molar-refractivity contribution is 6.06. The maximum absolute atomic E-state index is 12.6. The Bertz CT molecular complexity index is 949. The number of nitrogens with one attached hydrogen (secondary N) is 1. The van der Waals surface area contributed by atoms with Gasteiger partial charge in [-0.1, -0.05) is 12.1 Å². The standard InChI is InChI=1S/C18H21N5O3/c1-22(2)16-12(10-19-18(21-16)23(3)4)20-17(24)14-9-11-7-6-8-13(25-5)15(11)26-14/h6-10H,1-5H3,(H,20,24). The highest BCUT2D eigenvalue weighted by Gasteiger charge is 2.18. The molecule has 0 fully saturated rings. The van der Waals surface area contributed by atoms with Gasteiger partial charge in [-0.2, -0.15) is 4.98 Å².